The van der Waals surface area contributed by atoms with Crippen molar-refractivity contribution in [3.63, 3.8) is 0 Å². The number of fused-ring (bicyclic) bond motifs is 1. The second kappa shape index (κ2) is 8.25. The fraction of sp³-hybridized carbons (Fsp3) is 0.318. The Bertz CT molecular complexity index is 943. The minimum Gasteiger partial charge on any atom is -0.345 e. The van der Waals surface area contributed by atoms with Crippen molar-refractivity contribution in [1.82, 2.24) is 20.6 Å². The Labute approximate surface area is 164 Å². The molecule has 2 atom stereocenters. The number of para-hydroxylation sites is 2. The van der Waals surface area contributed by atoms with Crippen LogP contribution in [0.25, 0.3) is 11.0 Å². The zero-order valence-corrected chi connectivity index (χ0v) is 16.6. The van der Waals surface area contributed by atoms with E-state index in [1.54, 1.807) is 12.1 Å². The highest BCUT2D eigenvalue weighted by Gasteiger charge is 2.26. The first-order valence-corrected chi connectivity index (χ1v) is 9.47. The minimum absolute atomic E-state index is 0.0581. The Kier molecular flexibility index (Phi) is 5.78. The summed E-state index contributed by atoms with van der Waals surface area (Å²) in [6.07, 6.45) is 0. The molecule has 6 nitrogen and oxygen atoms in total. The second-order valence-electron chi connectivity index (χ2n) is 7.43. The lowest BCUT2D eigenvalue weighted by Crippen LogP contribution is -2.50. The minimum atomic E-state index is -0.638. The van der Waals surface area contributed by atoms with Crippen molar-refractivity contribution in [2.24, 2.45) is 5.92 Å². The summed E-state index contributed by atoms with van der Waals surface area (Å²) in [5.74, 6) is 0.132. The summed E-state index contributed by atoms with van der Waals surface area (Å²) in [4.78, 5) is 33.1. The summed E-state index contributed by atoms with van der Waals surface area (Å²) in [5, 5.41) is 5.81. The smallest absolute Gasteiger partial charge is 0.251 e. The van der Waals surface area contributed by atoms with E-state index in [9.17, 15) is 9.59 Å². The molecule has 146 valence electrons. The maximum absolute atomic E-state index is 12.8. The molecule has 0 aliphatic heterocycles. The molecule has 6 heteroatoms. The number of hydrogen-bond acceptors (Lipinski definition) is 3. The highest BCUT2D eigenvalue weighted by molar-refractivity contribution is 5.97. The first-order chi connectivity index (χ1) is 13.3. The van der Waals surface area contributed by atoms with Crippen LogP contribution >= 0.6 is 0 Å². The van der Waals surface area contributed by atoms with Gasteiger partial charge in [0.1, 0.15) is 11.9 Å². The maximum atomic E-state index is 12.8. The van der Waals surface area contributed by atoms with Crippen LogP contribution in [-0.4, -0.2) is 27.8 Å². The Morgan fingerprint density at radius 3 is 2.29 bits per heavy atom. The first kappa shape index (κ1) is 19.6. The standard InChI is InChI=1S/C22H26N4O2/c1-13(2)19(26-21(27)16-11-9-14(3)10-12-16)22(28)23-15(4)20-24-17-7-5-6-8-18(17)25-20/h5-13,15,19H,1-4H3,(H,23,28)(H,24,25)(H,26,27). The van der Waals surface area contributed by atoms with E-state index in [4.69, 9.17) is 0 Å². The molecule has 3 aromatic rings. The Balaban J connectivity index is 1.69. The summed E-state index contributed by atoms with van der Waals surface area (Å²) in [6.45, 7) is 7.65. The lowest BCUT2D eigenvalue weighted by atomic mass is 10.0. The zero-order chi connectivity index (χ0) is 20.3. The number of carbonyl (C=O) groups excluding carboxylic acids is 2. The fourth-order valence-corrected chi connectivity index (χ4v) is 3.01. The van der Waals surface area contributed by atoms with E-state index in [0.29, 0.717) is 11.4 Å². The number of carbonyl (C=O) groups is 2. The molecule has 0 aliphatic carbocycles. The zero-order valence-electron chi connectivity index (χ0n) is 16.6. The van der Waals surface area contributed by atoms with Crippen molar-refractivity contribution in [3.8, 4) is 0 Å². The van der Waals surface area contributed by atoms with Crippen LogP contribution in [0.2, 0.25) is 0 Å². The van der Waals surface area contributed by atoms with Gasteiger partial charge in [0.05, 0.1) is 17.1 Å². The van der Waals surface area contributed by atoms with Gasteiger partial charge in [0.2, 0.25) is 5.91 Å². The SMILES string of the molecule is Cc1ccc(C(=O)NC(C(=O)NC(C)c2nc3ccccc3[nH]2)C(C)C)cc1. The molecule has 0 fully saturated rings. The van der Waals surface area contributed by atoms with Crippen molar-refractivity contribution in [1.29, 1.82) is 0 Å². The Hall–Kier alpha value is -3.15. The normalized spacial score (nSPS) is 13.3. The van der Waals surface area contributed by atoms with Crippen LogP contribution in [0.15, 0.2) is 48.5 Å². The van der Waals surface area contributed by atoms with Crippen LogP contribution in [0.1, 0.15) is 48.6 Å². The maximum Gasteiger partial charge on any atom is 0.251 e. The molecular formula is C22H26N4O2. The van der Waals surface area contributed by atoms with Gasteiger partial charge in [-0.3, -0.25) is 9.59 Å². The number of aromatic amines is 1. The molecule has 0 bridgehead atoms. The molecule has 0 saturated carbocycles. The summed E-state index contributed by atoms with van der Waals surface area (Å²) in [5.41, 5.74) is 3.39. The number of hydrogen-bond donors (Lipinski definition) is 3. The average Bonchev–Trinajstić information content (AvgIpc) is 3.10. The third kappa shape index (κ3) is 4.39. The molecule has 2 unspecified atom stereocenters. The predicted molar refractivity (Wildman–Crippen MR) is 110 cm³/mol. The van der Waals surface area contributed by atoms with Crippen LogP contribution in [0.4, 0.5) is 0 Å². The first-order valence-electron chi connectivity index (χ1n) is 9.47. The van der Waals surface area contributed by atoms with Gasteiger partial charge in [0, 0.05) is 5.56 Å². The number of rotatable bonds is 6. The molecule has 0 aliphatic rings. The predicted octanol–water partition coefficient (Wildman–Crippen LogP) is 3.50. The molecule has 0 spiro atoms. The summed E-state index contributed by atoms with van der Waals surface area (Å²) < 4.78 is 0. The summed E-state index contributed by atoms with van der Waals surface area (Å²) >= 11 is 0. The highest BCUT2D eigenvalue weighted by atomic mass is 16.2. The number of H-pyrrole nitrogens is 1. The van der Waals surface area contributed by atoms with Crippen LogP contribution in [0, 0.1) is 12.8 Å². The molecule has 0 saturated heterocycles. The van der Waals surface area contributed by atoms with Gasteiger partial charge in [-0.15, -0.1) is 0 Å². The van der Waals surface area contributed by atoms with Crippen molar-refractivity contribution >= 4 is 22.8 Å². The van der Waals surface area contributed by atoms with E-state index in [1.165, 1.54) is 0 Å². The molecule has 3 N–H and O–H groups in total. The molecule has 2 aromatic carbocycles. The molecule has 1 heterocycles. The van der Waals surface area contributed by atoms with Crippen LogP contribution < -0.4 is 10.6 Å². The van der Waals surface area contributed by atoms with Gasteiger partial charge in [-0.05, 0) is 44.0 Å². The van der Waals surface area contributed by atoms with E-state index < -0.39 is 6.04 Å². The van der Waals surface area contributed by atoms with Gasteiger partial charge in [0.15, 0.2) is 0 Å². The molecular weight excluding hydrogens is 352 g/mol. The molecule has 2 amide bonds. The number of nitrogens with one attached hydrogen (secondary N) is 3. The monoisotopic (exact) mass is 378 g/mol. The fourth-order valence-electron chi connectivity index (χ4n) is 3.01. The van der Waals surface area contributed by atoms with E-state index in [-0.39, 0.29) is 23.8 Å². The summed E-state index contributed by atoms with van der Waals surface area (Å²) in [7, 11) is 0. The van der Waals surface area contributed by atoms with Crippen molar-refractivity contribution in [2.45, 2.75) is 39.8 Å². The van der Waals surface area contributed by atoms with E-state index in [2.05, 4.69) is 20.6 Å². The molecule has 0 radical (unpaired) electrons. The van der Waals surface area contributed by atoms with Gasteiger partial charge in [-0.1, -0.05) is 43.7 Å². The average molecular weight is 378 g/mol. The van der Waals surface area contributed by atoms with Gasteiger partial charge in [-0.25, -0.2) is 4.98 Å². The third-order valence-corrected chi connectivity index (χ3v) is 4.73. The molecule has 3 rings (SSSR count). The van der Waals surface area contributed by atoms with Crippen LogP contribution in [-0.2, 0) is 4.79 Å². The Morgan fingerprint density at radius 2 is 1.64 bits per heavy atom. The van der Waals surface area contributed by atoms with Crippen LogP contribution in [0.3, 0.4) is 0 Å². The quantitative estimate of drug-likeness (QED) is 0.613. The number of nitrogens with zero attached hydrogens (tertiary/aromatic N) is 1. The number of aromatic nitrogens is 2. The number of amides is 2. The van der Waals surface area contributed by atoms with Gasteiger partial charge >= 0.3 is 0 Å². The van der Waals surface area contributed by atoms with E-state index >= 15 is 0 Å². The van der Waals surface area contributed by atoms with E-state index in [0.717, 1.165) is 16.6 Å². The number of aryl methyl sites for hydroxylation is 1. The van der Waals surface area contributed by atoms with Gasteiger partial charge < -0.3 is 15.6 Å². The third-order valence-electron chi connectivity index (χ3n) is 4.73. The molecule has 28 heavy (non-hydrogen) atoms. The van der Waals surface area contributed by atoms with Crippen molar-refractivity contribution in [2.75, 3.05) is 0 Å². The highest BCUT2D eigenvalue weighted by Crippen LogP contribution is 2.16. The van der Waals surface area contributed by atoms with Crippen LogP contribution in [0.5, 0.6) is 0 Å². The Morgan fingerprint density at radius 1 is 0.964 bits per heavy atom. The largest absolute Gasteiger partial charge is 0.345 e. The van der Waals surface area contributed by atoms with E-state index in [1.807, 2.05) is 64.1 Å². The second-order valence-corrected chi connectivity index (χ2v) is 7.43. The van der Waals surface area contributed by atoms with Gasteiger partial charge in [-0.2, -0.15) is 0 Å². The van der Waals surface area contributed by atoms with Crippen molar-refractivity contribution in [3.05, 3.63) is 65.5 Å². The number of benzene rings is 2. The topological polar surface area (TPSA) is 86.9 Å². The lowest BCUT2D eigenvalue weighted by Gasteiger charge is -2.23. The number of imidazole rings is 1. The van der Waals surface area contributed by atoms with Gasteiger partial charge in [0.25, 0.3) is 5.91 Å². The lowest BCUT2D eigenvalue weighted by molar-refractivity contribution is -0.124. The summed E-state index contributed by atoms with van der Waals surface area (Å²) in [6, 6.07) is 14.1. The molecule has 1 aromatic heterocycles. The van der Waals surface area contributed by atoms with Crippen molar-refractivity contribution < 1.29 is 9.59 Å².